The van der Waals surface area contributed by atoms with Crippen molar-refractivity contribution in [3.8, 4) is 0 Å². The van der Waals surface area contributed by atoms with E-state index in [1.165, 1.54) is 19.3 Å². The summed E-state index contributed by atoms with van der Waals surface area (Å²) >= 11 is 0. The van der Waals surface area contributed by atoms with Crippen molar-refractivity contribution < 1.29 is 9.15 Å². The Morgan fingerprint density at radius 3 is 2.83 bits per heavy atom. The summed E-state index contributed by atoms with van der Waals surface area (Å²) in [5, 5.41) is 0. The summed E-state index contributed by atoms with van der Waals surface area (Å²) in [5.74, 6) is 8.15. The maximum atomic E-state index is 5.97. The largest absolute Gasteiger partial charge is 0.465 e. The van der Waals surface area contributed by atoms with Crippen LogP contribution >= 0.6 is 0 Å². The number of hydrazine groups is 1. The maximum Gasteiger partial charge on any atom is 0.122 e. The third-order valence-corrected chi connectivity index (χ3v) is 4.51. The van der Waals surface area contributed by atoms with Crippen LogP contribution in [0, 0.1) is 12.8 Å². The van der Waals surface area contributed by atoms with Crippen molar-refractivity contribution >= 4 is 0 Å². The van der Waals surface area contributed by atoms with E-state index in [1.54, 1.807) is 0 Å². The van der Waals surface area contributed by atoms with Gasteiger partial charge in [0.2, 0.25) is 0 Å². The second-order valence-electron chi connectivity index (χ2n) is 5.73. The molecule has 2 atom stereocenters. The van der Waals surface area contributed by atoms with Crippen molar-refractivity contribution in [3.05, 3.63) is 23.7 Å². The molecule has 1 aliphatic carbocycles. The summed E-state index contributed by atoms with van der Waals surface area (Å²) in [6.45, 7) is 2.82. The van der Waals surface area contributed by atoms with Gasteiger partial charge in [-0.1, -0.05) is 0 Å². The zero-order chi connectivity index (χ0) is 12.6. The zero-order valence-corrected chi connectivity index (χ0v) is 10.9. The molecule has 2 fully saturated rings. The molecule has 3 N–H and O–H groups in total. The Balaban J connectivity index is 1.75. The van der Waals surface area contributed by atoms with E-state index in [1.807, 2.05) is 19.1 Å². The Hall–Kier alpha value is -0.840. The highest BCUT2D eigenvalue weighted by Gasteiger charge is 2.44. The summed E-state index contributed by atoms with van der Waals surface area (Å²) in [7, 11) is 0. The Bertz CT molecular complexity index is 412. The molecule has 2 aliphatic rings. The van der Waals surface area contributed by atoms with Gasteiger partial charge in [-0.15, -0.1) is 0 Å². The highest BCUT2D eigenvalue weighted by Crippen LogP contribution is 2.47. The molecule has 2 heterocycles. The molecule has 1 aromatic heterocycles. The summed E-state index contributed by atoms with van der Waals surface area (Å²) in [4.78, 5) is 0. The van der Waals surface area contributed by atoms with Crippen LogP contribution in [0.15, 0.2) is 16.5 Å². The van der Waals surface area contributed by atoms with Gasteiger partial charge in [-0.3, -0.25) is 5.84 Å². The predicted octanol–water partition coefficient (Wildman–Crippen LogP) is 2.44. The third-order valence-electron chi connectivity index (χ3n) is 4.51. The lowest BCUT2D eigenvalue weighted by Crippen LogP contribution is -2.48. The van der Waals surface area contributed by atoms with Crippen LogP contribution in [0.3, 0.4) is 0 Å². The van der Waals surface area contributed by atoms with Gasteiger partial charge in [0.1, 0.15) is 11.5 Å². The maximum absolute atomic E-state index is 5.97. The zero-order valence-electron chi connectivity index (χ0n) is 10.9. The van der Waals surface area contributed by atoms with Crippen LogP contribution < -0.4 is 11.3 Å². The smallest absolute Gasteiger partial charge is 0.122 e. The van der Waals surface area contributed by atoms with Crippen molar-refractivity contribution in [1.82, 2.24) is 5.43 Å². The number of ether oxygens (including phenoxy) is 1. The minimum Gasteiger partial charge on any atom is -0.465 e. The molecule has 2 unspecified atom stereocenters. The van der Waals surface area contributed by atoms with E-state index in [2.05, 4.69) is 5.43 Å². The average molecular weight is 250 g/mol. The van der Waals surface area contributed by atoms with E-state index < -0.39 is 0 Å². The first-order chi connectivity index (χ1) is 8.72. The molecule has 1 aromatic rings. The highest BCUT2D eigenvalue weighted by molar-refractivity contribution is 5.12. The number of nitrogens with two attached hydrogens (primary N) is 1. The Kier molecular flexibility index (Phi) is 3.18. The van der Waals surface area contributed by atoms with Crippen LogP contribution in [0.4, 0.5) is 0 Å². The van der Waals surface area contributed by atoms with Crippen LogP contribution in [-0.4, -0.2) is 12.2 Å². The van der Waals surface area contributed by atoms with E-state index in [0.717, 1.165) is 31.0 Å². The molecular formula is C14H22N2O2. The summed E-state index contributed by atoms with van der Waals surface area (Å²) in [6, 6.07) is 4.14. The van der Waals surface area contributed by atoms with Gasteiger partial charge in [0.05, 0.1) is 11.6 Å². The van der Waals surface area contributed by atoms with Gasteiger partial charge in [-0.25, -0.2) is 5.43 Å². The SMILES string of the molecule is Cc1ccc(C(NN)C2CCOC3(CCC3)C2)o1. The monoisotopic (exact) mass is 250 g/mol. The van der Waals surface area contributed by atoms with E-state index in [-0.39, 0.29) is 11.6 Å². The molecule has 0 amide bonds. The quantitative estimate of drug-likeness (QED) is 0.639. The van der Waals surface area contributed by atoms with E-state index in [4.69, 9.17) is 15.0 Å². The van der Waals surface area contributed by atoms with Crippen LogP contribution in [0.2, 0.25) is 0 Å². The van der Waals surface area contributed by atoms with Crippen LogP contribution in [-0.2, 0) is 4.74 Å². The van der Waals surface area contributed by atoms with Crippen molar-refractivity contribution in [1.29, 1.82) is 0 Å². The minimum atomic E-state index is 0.111. The van der Waals surface area contributed by atoms with Gasteiger partial charge in [0.25, 0.3) is 0 Å². The van der Waals surface area contributed by atoms with Crippen molar-refractivity contribution in [3.63, 3.8) is 0 Å². The summed E-state index contributed by atoms with van der Waals surface area (Å²) in [6.07, 6.45) is 5.86. The molecule has 0 aromatic carbocycles. The lowest BCUT2D eigenvalue weighted by Gasteiger charge is -2.48. The van der Waals surface area contributed by atoms with Crippen molar-refractivity contribution in [2.24, 2.45) is 11.8 Å². The van der Waals surface area contributed by atoms with Gasteiger partial charge in [-0.2, -0.15) is 0 Å². The molecule has 1 saturated carbocycles. The first-order valence-electron chi connectivity index (χ1n) is 6.89. The van der Waals surface area contributed by atoms with Crippen LogP contribution in [0.1, 0.15) is 49.7 Å². The van der Waals surface area contributed by atoms with Gasteiger partial charge in [-0.05, 0) is 57.1 Å². The van der Waals surface area contributed by atoms with Gasteiger partial charge in [0, 0.05) is 6.61 Å². The van der Waals surface area contributed by atoms with Gasteiger partial charge >= 0.3 is 0 Å². The standard InChI is InChI=1S/C14H22N2O2/c1-10-3-4-12(18-10)13(16-15)11-5-8-17-14(9-11)6-2-7-14/h3-4,11,13,16H,2,5-9,15H2,1H3. The van der Waals surface area contributed by atoms with Crippen molar-refractivity contribution in [2.45, 2.75) is 50.7 Å². The van der Waals surface area contributed by atoms with E-state index in [9.17, 15) is 0 Å². The normalized spacial score (nSPS) is 28.0. The van der Waals surface area contributed by atoms with Crippen molar-refractivity contribution in [2.75, 3.05) is 6.61 Å². The molecule has 1 saturated heterocycles. The van der Waals surface area contributed by atoms with Crippen LogP contribution in [0.5, 0.6) is 0 Å². The molecule has 0 bridgehead atoms. The number of aryl methyl sites for hydroxylation is 1. The number of rotatable bonds is 3. The van der Waals surface area contributed by atoms with Crippen LogP contribution in [0.25, 0.3) is 0 Å². The molecular weight excluding hydrogens is 228 g/mol. The second kappa shape index (κ2) is 4.68. The van der Waals surface area contributed by atoms with Gasteiger partial charge in [0.15, 0.2) is 0 Å². The molecule has 0 radical (unpaired) electrons. The molecule has 4 heteroatoms. The fourth-order valence-electron chi connectivity index (χ4n) is 3.34. The van der Waals surface area contributed by atoms with E-state index >= 15 is 0 Å². The minimum absolute atomic E-state index is 0.111. The molecule has 1 aliphatic heterocycles. The lowest BCUT2D eigenvalue weighted by molar-refractivity contribution is -0.148. The third kappa shape index (κ3) is 2.09. The number of hydrogen-bond donors (Lipinski definition) is 2. The lowest BCUT2D eigenvalue weighted by atomic mass is 9.70. The number of furan rings is 1. The molecule has 100 valence electrons. The fraction of sp³-hybridized carbons (Fsp3) is 0.714. The Morgan fingerprint density at radius 1 is 1.44 bits per heavy atom. The fourth-order valence-corrected chi connectivity index (χ4v) is 3.34. The summed E-state index contributed by atoms with van der Waals surface area (Å²) < 4.78 is 11.7. The van der Waals surface area contributed by atoms with Gasteiger partial charge < -0.3 is 9.15 Å². The number of nitrogens with one attached hydrogen (secondary N) is 1. The topological polar surface area (TPSA) is 60.4 Å². The average Bonchev–Trinajstić information content (AvgIpc) is 2.75. The molecule has 18 heavy (non-hydrogen) atoms. The molecule has 4 nitrogen and oxygen atoms in total. The molecule has 3 rings (SSSR count). The Labute approximate surface area is 108 Å². The first-order valence-corrected chi connectivity index (χ1v) is 6.89. The Morgan fingerprint density at radius 2 is 2.28 bits per heavy atom. The summed E-state index contributed by atoms with van der Waals surface area (Å²) in [5.41, 5.74) is 3.09. The molecule has 1 spiro atoms. The highest BCUT2D eigenvalue weighted by atomic mass is 16.5. The number of hydrogen-bond acceptors (Lipinski definition) is 4. The first kappa shape index (κ1) is 12.2. The second-order valence-corrected chi connectivity index (χ2v) is 5.73. The predicted molar refractivity (Wildman–Crippen MR) is 68.8 cm³/mol. The van der Waals surface area contributed by atoms with E-state index in [0.29, 0.717) is 5.92 Å².